The van der Waals surface area contributed by atoms with Gasteiger partial charge in [-0.25, -0.2) is 4.39 Å². The summed E-state index contributed by atoms with van der Waals surface area (Å²) in [5.41, 5.74) is 0.970. The van der Waals surface area contributed by atoms with Crippen LogP contribution in [0.15, 0.2) is 24.3 Å². The molecule has 84 valence electrons. The largest absolute Gasteiger partial charge is 0.297 e. The molecule has 2 rings (SSSR count). The Hall–Kier alpha value is -1.42. The summed E-state index contributed by atoms with van der Waals surface area (Å²) >= 11 is 5.92. The van der Waals surface area contributed by atoms with E-state index < -0.39 is 0 Å². The molecule has 0 aliphatic carbocycles. The highest BCUT2D eigenvalue weighted by atomic mass is 35.5. The lowest BCUT2D eigenvalue weighted by Crippen LogP contribution is -2.04. The minimum absolute atomic E-state index is 0.241. The summed E-state index contributed by atoms with van der Waals surface area (Å²) in [5.74, 6) is 0.587. The lowest BCUT2D eigenvalue weighted by atomic mass is 10.2. The van der Waals surface area contributed by atoms with E-state index in [0.717, 1.165) is 17.8 Å². The molecule has 3 nitrogen and oxygen atoms in total. The highest BCUT2D eigenvalue weighted by Gasteiger charge is 2.08. The molecule has 0 amide bonds. The molecule has 1 heterocycles. The Morgan fingerprint density at radius 3 is 2.56 bits per heavy atom. The van der Waals surface area contributed by atoms with Crippen LogP contribution >= 0.6 is 11.6 Å². The first kappa shape index (κ1) is 11.1. The highest BCUT2D eigenvalue weighted by molar-refractivity contribution is 6.28. The Labute approximate surface area is 97.9 Å². The number of aryl methyl sites for hydroxylation is 1. The molecule has 0 atom stereocenters. The standard InChI is InChI=1S/C11H11ClFN3/c1-2-10-14-15-11(12)16(10)7-8-3-5-9(13)6-4-8/h3-6H,2,7H2,1H3. The maximum atomic E-state index is 12.7. The lowest BCUT2D eigenvalue weighted by Gasteiger charge is -2.06. The van der Waals surface area contributed by atoms with Crippen molar-refractivity contribution in [2.24, 2.45) is 0 Å². The summed E-state index contributed by atoms with van der Waals surface area (Å²) in [5, 5.41) is 8.12. The monoisotopic (exact) mass is 239 g/mol. The van der Waals surface area contributed by atoms with Crippen LogP contribution in [0.5, 0.6) is 0 Å². The van der Waals surface area contributed by atoms with Crippen LogP contribution in [0.2, 0.25) is 5.28 Å². The van der Waals surface area contributed by atoms with Crippen molar-refractivity contribution in [1.29, 1.82) is 0 Å². The van der Waals surface area contributed by atoms with Crippen LogP contribution in [0.3, 0.4) is 0 Å². The number of halogens is 2. The second-order valence-corrected chi connectivity index (χ2v) is 3.79. The topological polar surface area (TPSA) is 30.7 Å². The maximum absolute atomic E-state index is 12.7. The van der Waals surface area contributed by atoms with Gasteiger partial charge in [-0.15, -0.1) is 10.2 Å². The van der Waals surface area contributed by atoms with Gasteiger partial charge in [-0.2, -0.15) is 0 Å². The van der Waals surface area contributed by atoms with Crippen molar-refractivity contribution < 1.29 is 4.39 Å². The van der Waals surface area contributed by atoms with Gasteiger partial charge in [0.1, 0.15) is 11.6 Å². The van der Waals surface area contributed by atoms with E-state index in [1.54, 1.807) is 12.1 Å². The zero-order valence-corrected chi connectivity index (χ0v) is 9.58. The van der Waals surface area contributed by atoms with E-state index in [9.17, 15) is 4.39 Å². The first-order valence-corrected chi connectivity index (χ1v) is 5.40. The Balaban J connectivity index is 2.26. The Morgan fingerprint density at radius 2 is 1.94 bits per heavy atom. The summed E-state index contributed by atoms with van der Waals surface area (Å²) in [6.07, 6.45) is 0.765. The molecule has 0 spiro atoms. The van der Waals surface area contributed by atoms with Gasteiger partial charge in [-0.05, 0) is 29.3 Å². The molecule has 1 aromatic carbocycles. The zero-order valence-electron chi connectivity index (χ0n) is 8.82. The third-order valence-corrected chi connectivity index (χ3v) is 2.63. The van der Waals surface area contributed by atoms with Gasteiger partial charge in [0.05, 0.1) is 6.54 Å². The van der Waals surface area contributed by atoms with Crippen molar-refractivity contribution in [3.8, 4) is 0 Å². The Kier molecular flexibility index (Phi) is 3.19. The number of hydrogen-bond acceptors (Lipinski definition) is 2. The predicted octanol–water partition coefficient (Wildman–Crippen LogP) is 2.68. The number of aromatic nitrogens is 3. The van der Waals surface area contributed by atoms with Crippen LogP contribution in [0, 0.1) is 5.82 Å². The van der Waals surface area contributed by atoms with Gasteiger partial charge in [0, 0.05) is 6.42 Å². The van der Waals surface area contributed by atoms with E-state index >= 15 is 0 Å². The molecule has 0 saturated heterocycles. The van der Waals surface area contributed by atoms with Crippen molar-refractivity contribution in [2.45, 2.75) is 19.9 Å². The minimum Gasteiger partial charge on any atom is -0.297 e. The molecule has 0 unspecified atom stereocenters. The second kappa shape index (κ2) is 4.61. The smallest absolute Gasteiger partial charge is 0.225 e. The third-order valence-electron chi connectivity index (χ3n) is 2.35. The van der Waals surface area contributed by atoms with Gasteiger partial charge in [0.2, 0.25) is 5.28 Å². The molecule has 0 bridgehead atoms. The fourth-order valence-corrected chi connectivity index (χ4v) is 1.70. The third kappa shape index (κ3) is 2.22. The molecule has 16 heavy (non-hydrogen) atoms. The number of rotatable bonds is 3. The molecule has 1 aromatic heterocycles. The van der Waals surface area contributed by atoms with Gasteiger partial charge in [0.25, 0.3) is 0 Å². The number of benzene rings is 1. The molecule has 2 aromatic rings. The molecular formula is C11H11ClFN3. The van der Waals surface area contributed by atoms with Gasteiger partial charge in [-0.1, -0.05) is 19.1 Å². The summed E-state index contributed by atoms with van der Waals surface area (Å²) < 4.78 is 14.5. The minimum atomic E-state index is -0.241. The maximum Gasteiger partial charge on any atom is 0.225 e. The van der Waals surface area contributed by atoms with Crippen molar-refractivity contribution in [3.05, 3.63) is 46.8 Å². The SMILES string of the molecule is CCc1nnc(Cl)n1Cc1ccc(F)cc1. The predicted molar refractivity (Wildman–Crippen MR) is 59.9 cm³/mol. The van der Waals surface area contributed by atoms with Crippen molar-refractivity contribution in [2.75, 3.05) is 0 Å². The van der Waals surface area contributed by atoms with Crippen LogP contribution in [0.25, 0.3) is 0 Å². The Morgan fingerprint density at radius 1 is 1.25 bits per heavy atom. The quantitative estimate of drug-likeness (QED) is 0.825. The van der Waals surface area contributed by atoms with E-state index in [4.69, 9.17) is 11.6 Å². The summed E-state index contributed by atoms with van der Waals surface area (Å²) in [6.45, 7) is 2.55. The van der Waals surface area contributed by atoms with E-state index in [-0.39, 0.29) is 5.82 Å². The summed E-state index contributed by atoms with van der Waals surface area (Å²) in [4.78, 5) is 0. The van der Waals surface area contributed by atoms with Crippen LogP contribution in [0.1, 0.15) is 18.3 Å². The molecule has 0 fully saturated rings. The van der Waals surface area contributed by atoms with Crippen LogP contribution in [0.4, 0.5) is 4.39 Å². The average molecular weight is 240 g/mol. The summed E-state index contributed by atoms with van der Waals surface area (Å²) in [7, 11) is 0. The molecule has 0 radical (unpaired) electrons. The van der Waals surface area contributed by atoms with E-state index in [1.165, 1.54) is 12.1 Å². The number of hydrogen-bond donors (Lipinski definition) is 0. The average Bonchev–Trinajstić information content (AvgIpc) is 2.63. The van der Waals surface area contributed by atoms with Crippen LogP contribution < -0.4 is 0 Å². The van der Waals surface area contributed by atoms with Crippen LogP contribution in [-0.4, -0.2) is 14.8 Å². The summed E-state index contributed by atoms with van der Waals surface area (Å²) in [6, 6.07) is 6.31. The van der Waals surface area contributed by atoms with Gasteiger partial charge < -0.3 is 0 Å². The second-order valence-electron chi connectivity index (χ2n) is 3.45. The van der Waals surface area contributed by atoms with E-state index in [1.807, 2.05) is 11.5 Å². The van der Waals surface area contributed by atoms with Crippen molar-refractivity contribution in [1.82, 2.24) is 14.8 Å². The number of nitrogens with zero attached hydrogens (tertiary/aromatic N) is 3. The first-order chi connectivity index (χ1) is 7.70. The normalized spacial score (nSPS) is 10.7. The fourth-order valence-electron chi connectivity index (χ4n) is 1.50. The molecule has 0 N–H and O–H groups in total. The molecule has 5 heteroatoms. The van der Waals surface area contributed by atoms with Gasteiger partial charge in [0.15, 0.2) is 0 Å². The van der Waals surface area contributed by atoms with E-state index in [0.29, 0.717) is 11.8 Å². The first-order valence-electron chi connectivity index (χ1n) is 5.02. The fraction of sp³-hybridized carbons (Fsp3) is 0.273. The van der Waals surface area contributed by atoms with Crippen molar-refractivity contribution in [3.63, 3.8) is 0 Å². The molecular weight excluding hydrogens is 229 g/mol. The molecule has 0 aliphatic heterocycles. The highest BCUT2D eigenvalue weighted by Crippen LogP contribution is 2.12. The molecule has 0 aliphatic rings. The van der Waals surface area contributed by atoms with Crippen LogP contribution in [-0.2, 0) is 13.0 Å². The van der Waals surface area contributed by atoms with E-state index in [2.05, 4.69) is 10.2 Å². The van der Waals surface area contributed by atoms with Crippen molar-refractivity contribution >= 4 is 11.6 Å². The Bertz CT molecular complexity index is 478. The van der Waals surface area contributed by atoms with Gasteiger partial charge in [-0.3, -0.25) is 4.57 Å². The zero-order chi connectivity index (χ0) is 11.5. The molecule has 0 saturated carbocycles. The lowest BCUT2D eigenvalue weighted by molar-refractivity contribution is 0.626. The van der Waals surface area contributed by atoms with Gasteiger partial charge >= 0.3 is 0 Å².